The molecule has 1 aromatic rings. The van der Waals surface area contributed by atoms with Crippen LogP contribution >= 0.6 is 0 Å². The number of hydrogen-bond donors (Lipinski definition) is 2. The molecule has 0 radical (unpaired) electrons. The third kappa shape index (κ3) is 2.87. The Morgan fingerprint density at radius 3 is 2.62 bits per heavy atom. The summed E-state index contributed by atoms with van der Waals surface area (Å²) in [6.45, 7) is 0. The Kier molecular flexibility index (Phi) is 4.13. The Morgan fingerprint density at radius 1 is 1.44 bits per heavy atom. The lowest BCUT2D eigenvalue weighted by molar-refractivity contribution is -0.150. The first-order valence-corrected chi connectivity index (χ1v) is 4.70. The number of aliphatic hydroxyl groups excluding tert-OH is 1. The zero-order chi connectivity index (χ0) is 12.1. The van der Waals surface area contributed by atoms with Crippen molar-refractivity contribution in [3.05, 3.63) is 23.8 Å². The zero-order valence-electron chi connectivity index (χ0n) is 9.14. The number of methoxy groups -OCH3 is 2. The van der Waals surface area contributed by atoms with Crippen molar-refractivity contribution >= 4 is 5.97 Å². The van der Waals surface area contributed by atoms with Crippen LogP contribution in [-0.4, -0.2) is 36.5 Å². The molecule has 0 aliphatic heterocycles. The molecule has 16 heavy (non-hydrogen) atoms. The van der Waals surface area contributed by atoms with Gasteiger partial charge in [0.1, 0.15) is 0 Å². The van der Waals surface area contributed by atoms with Gasteiger partial charge in [0.15, 0.2) is 17.6 Å². The summed E-state index contributed by atoms with van der Waals surface area (Å²) in [7, 11) is 2.65. The first-order valence-electron chi connectivity index (χ1n) is 4.70. The van der Waals surface area contributed by atoms with Gasteiger partial charge >= 0.3 is 5.97 Å². The maximum atomic E-state index is 11.0. The van der Waals surface area contributed by atoms with Gasteiger partial charge in [0.05, 0.1) is 14.2 Å². The Labute approximate surface area is 93.2 Å². The van der Waals surface area contributed by atoms with E-state index in [0.717, 1.165) is 0 Å². The molecule has 0 aliphatic rings. The Bertz CT molecular complexity index is 375. The van der Waals surface area contributed by atoms with E-state index in [1.54, 1.807) is 12.1 Å². The molecule has 5 nitrogen and oxygen atoms in total. The predicted molar refractivity (Wildman–Crippen MR) is 56.4 cm³/mol. The van der Waals surface area contributed by atoms with Gasteiger partial charge in [0.25, 0.3) is 0 Å². The van der Waals surface area contributed by atoms with E-state index >= 15 is 0 Å². The summed E-state index contributed by atoms with van der Waals surface area (Å²) in [6, 6.07) is 4.66. The molecule has 0 fully saturated rings. The highest BCUT2D eigenvalue weighted by molar-refractivity contribution is 5.74. The van der Waals surface area contributed by atoms with Crippen LogP contribution in [0, 0.1) is 0 Å². The molecule has 0 saturated heterocycles. The highest BCUT2D eigenvalue weighted by Crippen LogP contribution is 2.26. The highest BCUT2D eigenvalue weighted by atomic mass is 16.5. The summed E-state index contributed by atoms with van der Waals surface area (Å²) in [5.74, 6) is -0.385. The van der Waals surface area contributed by atoms with Crippen LogP contribution in [0.15, 0.2) is 18.2 Å². The van der Waals surface area contributed by atoms with Gasteiger partial charge in [-0.15, -0.1) is 0 Å². The molecule has 1 rings (SSSR count). The third-order valence-electron chi connectivity index (χ3n) is 2.15. The lowest BCUT2D eigenvalue weighted by atomic mass is 10.1. The van der Waals surface area contributed by atoms with E-state index in [1.165, 1.54) is 20.3 Å². The molecule has 0 saturated carbocycles. The minimum absolute atomic E-state index is 0.0305. The molecule has 0 amide bonds. The summed E-state index contributed by atoms with van der Waals surface area (Å²) in [4.78, 5) is 11.0. The molecule has 0 spiro atoms. The van der Waals surface area contributed by atoms with E-state index in [0.29, 0.717) is 11.3 Å². The highest BCUT2D eigenvalue weighted by Gasteiger charge is 2.16. The molecular weight excluding hydrogens is 212 g/mol. The number of rotatable bonds is 4. The quantitative estimate of drug-likeness (QED) is 0.730. The van der Waals surface area contributed by atoms with Gasteiger partial charge in [0.2, 0.25) is 0 Å². The molecule has 0 aromatic heterocycles. The average Bonchev–Trinajstić information content (AvgIpc) is 2.28. The lowest BCUT2D eigenvalue weighted by Gasteiger charge is -2.09. The van der Waals surface area contributed by atoms with Crippen molar-refractivity contribution in [2.75, 3.05) is 14.2 Å². The first-order chi connectivity index (χ1) is 7.58. The molecule has 0 heterocycles. The fourth-order valence-electron chi connectivity index (χ4n) is 1.31. The summed E-state index contributed by atoms with van der Waals surface area (Å²) < 4.78 is 9.25. The molecule has 1 atom stereocenters. The fraction of sp³-hybridized carbons (Fsp3) is 0.364. The molecule has 2 N–H and O–H groups in total. The van der Waals surface area contributed by atoms with Crippen LogP contribution < -0.4 is 4.74 Å². The van der Waals surface area contributed by atoms with Crippen molar-refractivity contribution in [3.8, 4) is 11.5 Å². The van der Waals surface area contributed by atoms with Crippen LogP contribution in [-0.2, 0) is 16.0 Å². The van der Waals surface area contributed by atoms with Crippen molar-refractivity contribution in [1.82, 2.24) is 0 Å². The van der Waals surface area contributed by atoms with Gasteiger partial charge in [0, 0.05) is 6.42 Å². The number of aliphatic hydroxyl groups is 1. The van der Waals surface area contributed by atoms with Crippen molar-refractivity contribution in [1.29, 1.82) is 0 Å². The largest absolute Gasteiger partial charge is 0.504 e. The first kappa shape index (κ1) is 12.3. The predicted octanol–water partition coefficient (Wildman–Crippen LogP) is 0.477. The maximum absolute atomic E-state index is 11.0. The minimum Gasteiger partial charge on any atom is -0.504 e. The topological polar surface area (TPSA) is 76.0 Å². The zero-order valence-corrected chi connectivity index (χ0v) is 9.14. The molecule has 0 aliphatic carbocycles. The van der Waals surface area contributed by atoms with E-state index in [2.05, 4.69) is 4.74 Å². The van der Waals surface area contributed by atoms with Gasteiger partial charge in [-0.3, -0.25) is 0 Å². The standard InChI is InChI=1S/C11H14O5/c1-15-10-4-3-7(5-8(10)12)6-9(13)11(14)16-2/h3-5,9,12-13H,6H2,1-2H3/t9-/m1/s1. The maximum Gasteiger partial charge on any atom is 0.335 e. The average molecular weight is 226 g/mol. The number of esters is 1. The number of carbonyl (C=O) groups is 1. The lowest BCUT2D eigenvalue weighted by Crippen LogP contribution is -2.24. The second kappa shape index (κ2) is 5.37. The monoisotopic (exact) mass is 226 g/mol. The Hall–Kier alpha value is -1.75. The van der Waals surface area contributed by atoms with Crippen LogP contribution in [0.3, 0.4) is 0 Å². The van der Waals surface area contributed by atoms with E-state index in [4.69, 9.17) is 4.74 Å². The molecule has 0 unspecified atom stereocenters. The number of ether oxygens (including phenoxy) is 2. The third-order valence-corrected chi connectivity index (χ3v) is 2.15. The molecule has 5 heteroatoms. The summed E-state index contributed by atoms with van der Waals surface area (Å²) in [5, 5.41) is 18.9. The van der Waals surface area contributed by atoms with Crippen LogP contribution in [0.1, 0.15) is 5.56 Å². The number of hydrogen-bond acceptors (Lipinski definition) is 5. The van der Waals surface area contributed by atoms with E-state index < -0.39 is 12.1 Å². The van der Waals surface area contributed by atoms with Crippen molar-refractivity contribution < 1.29 is 24.5 Å². The van der Waals surface area contributed by atoms with Crippen LogP contribution in [0.25, 0.3) is 0 Å². The number of carbonyl (C=O) groups excluding carboxylic acids is 1. The number of benzene rings is 1. The molecule has 88 valence electrons. The van der Waals surface area contributed by atoms with Crippen LogP contribution in [0.5, 0.6) is 11.5 Å². The van der Waals surface area contributed by atoms with Crippen molar-refractivity contribution in [2.24, 2.45) is 0 Å². The van der Waals surface area contributed by atoms with Crippen molar-refractivity contribution in [3.63, 3.8) is 0 Å². The summed E-state index contributed by atoms with van der Waals surface area (Å²) >= 11 is 0. The van der Waals surface area contributed by atoms with Gasteiger partial charge in [-0.25, -0.2) is 4.79 Å². The minimum atomic E-state index is -1.22. The van der Waals surface area contributed by atoms with Gasteiger partial charge in [-0.1, -0.05) is 6.07 Å². The van der Waals surface area contributed by atoms with E-state index in [-0.39, 0.29) is 12.2 Å². The van der Waals surface area contributed by atoms with Crippen molar-refractivity contribution in [2.45, 2.75) is 12.5 Å². The number of phenolic OH excluding ortho intramolecular Hbond substituents is 1. The summed E-state index contributed by atoms with van der Waals surface area (Å²) in [6.07, 6.45) is -1.14. The number of phenols is 1. The van der Waals surface area contributed by atoms with E-state index in [9.17, 15) is 15.0 Å². The Balaban J connectivity index is 2.75. The Morgan fingerprint density at radius 2 is 2.12 bits per heavy atom. The molecule has 0 bridgehead atoms. The van der Waals surface area contributed by atoms with Crippen LogP contribution in [0.2, 0.25) is 0 Å². The van der Waals surface area contributed by atoms with E-state index in [1.807, 2.05) is 0 Å². The SMILES string of the molecule is COC(=O)[C@H](O)Cc1ccc(OC)c(O)c1. The second-order valence-electron chi connectivity index (χ2n) is 3.25. The smallest absolute Gasteiger partial charge is 0.335 e. The fourth-order valence-corrected chi connectivity index (χ4v) is 1.31. The molecular formula is C11H14O5. The van der Waals surface area contributed by atoms with Gasteiger partial charge in [-0.2, -0.15) is 0 Å². The normalized spacial score (nSPS) is 11.9. The van der Waals surface area contributed by atoms with Gasteiger partial charge in [-0.05, 0) is 17.7 Å². The summed E-state index contributed by atoms with van der Waals surface area (Å²) in [5.41, 5.74) is 0.621. The van der Waals surface area contributed by atoms with Crippen LogP contribution in [0.4, 0.5) is 0 Å². The number of aromatic hydroxyl groups is 1. The van der Waals surface area contributed by atoms with Gasteiger partial charge < -0.3 is 19.7 Å². The second-order valence-corrected chi connectivity index (χ2v) is 3.25. The molecule has 1 aromatic carbocycles.